The van der Waals surface area contributed by atoms with Crippen molar-refractivity contribution in [2.75, 3.05) is 25.0 Å². The highest BCUT2D eigenvalue weighted by Crippen LogP contribution is 2.33. The van der Waals surface area contributed by atoms with Crippen molar-refractivity contribution < 1.29 is 19.1 Å². The fraction of sp³-hybridized carbons (Fsp3) is 0.500. The van der Waals surface area contributed by atoms with Crippen molar-refractivity contribution >= 4 is 17.7 Å². The van der Waals surface area contributed by atoms with Crippen LogP contribution >= 0.6 is 0 Å². The molecule has 2 aliphatic rings. The number of amides is 1. The number of aryl methyl sites for hydroxylation is 2. The van der Waals surface area contributed by atoms with Gasteiger partial charge in [0.2, 0.25) is 5.91 Å². The molecule has 176 valence electrons. The van der Waals surface area contributed by atoms with E-state index in [1.807, 2.05) is 11.0 Å². The molecule has 1 amide bonds. The molecule has 0 aliphatic carbocycles. The Bertz CT molecular complexity index is 988. The van der Waals surface area contributed by atoms with E-state index in [1.54, 1.807) is 12.1 Å². The number of hydrogen-bond donors (Lipinski definition) is 2. The summed E-state index contributed by atoms with van der Waals surface area (Å²) in [7, 11) is 0. The molecule has 1 aromatic heterocycles. The molecule has 6 nitrogen and oxygen atoms in total. The number of aromatic nitrogens is 1. The van der Waals surface area contributed by atoms with Crippen LogP contribution in [0.4, 0.5) is 10.2 Å². The summed E-state index contributed by atoms with van der Waals surface area (Å²) in [6, 6.07) is 10.4. The first-order valence-corrected chi connectivity index (χ1v) is 12.0. The predicted octanol–water partition coefficient (Wildman–Crippen LogP) is 4.40. The third kappa shape index (κ3) is 6.30. The third-order valence-corrected chi connectivity index (χ3v) is 6.87. The minimum absolute atomic E-state index is 0.00870. The highest BCUT2D eigenvalue weighted by atomic mass is 19.1. The topological polar surface area (TPSA) is 82.5 Å². The Hall–Kier alpha value is -2.96. The summed E-state index contributed by atoms with van der Waals surface area (Å²) < 4.78 is 13.7. The summed E-state index contributed by atoms with van der Waals surface area (Å²) in [5.41, 5.74) is 2.93. The number of rotatable bonds is 8. The second-order valence-corrected chi connectivity index (χ2v) is 9.25. The number of aliphatic carboxylic acids is 1. The molecular formula is C26H32FN3O3. The Morgan fingerprint density at radius 1 is 1.21 bits per heavy atom. The number of nitrogens with zero attached hydrogens (tertiary/aromatic N) is 2. The molecule has 1 saturated heterocycles. The second-order valence-electron chi connectivity index (χ2n) is 9.25. The Labute approximate surface area is 194 Å². The standard InChI is InChI=1S/C26H32FN3O3/c27-22-5-1-3-20(16-22)21(17-25(32)33)15-18-10-13-30(14-11-18)24(31)9-8-23-7-6-19-4-2-12-28-26(19)29-23/h1,3,5-7,16,18,21H,2,4,8-15,17H2,(H,28,29)(H,32,33)/t21-/m0/s1. The molecule has 1 aromatic carbocycles. The fourth-order valence-electron chi connectivity index (χ4n) is 5.03. The number of carbonyl (C=O) groups excluding carboxylic acids is 1. The number of pyridine rings is 1. The number of anilines is 1. The van der Waals surface area contributed by atoms with Crippen LogP contribution < -0.4 is 5.32 Å². The molecule has 4 rings (SSSR count). The Morgan fingerprint density at radius 2 is 2.03 bits per heavy atom. The summed E-state index contributed by atoms with van der Waals surface area (Å²) >= 11 is 0. The lowest BCUT2D eigenvalue weighted by Gasteiger charge is -2.33. The zero-order chi connectivity index (χ0) is 23.2. The van der Waals surface area contributed by atoms with Crippen molar-refractivity contribution in [3.63, 3.8) is 0 Å². The Morgan fingerprint density at radius 3 is 2.79 bits per heavy atom. The first-order valence-electron chi connectivity index (χ1n) is 12.0. The number of likely N-dealkylation sites (tertiary alicyclic amines) is 1. The number of nitrogens with one attached hydrogen (secondary N) is 1. The summed E-state index contributed by atoms with van der Waals surface area (Å²) in [4.78, 5) is 30.7. The van der Waals surface area contributed by atoms with Crippen molar-refractivity contribution in [1.29, 1.82) is 0 Å². The average molecular weight is 454 g/mol. The van der Waals surface area contributed by atoms with Crippen LogP contribution in [0.5, 0.6) is 0 Å². The quantitative estimate of drug-likeness (QED) is 0.619. The minimum Gasteiger partial charge on any atom is -0.481 e. The van der Waals surface area contributed by atoms with Crippen molar-refractivity contribution in [2.24, 2.45) is 5.92 Å². The van der Waals surface area contributed by atoms with E-state index in [-0.39, 0.29) is 24.1 Å². The maximum Gasteiger partial charge on any atom is 0.303 e. The predicted molar refractivity (Wildman–Crippen MR) is 125 cm³/mol. The number of carbonyl (C=O) groups is 2. The van der Waals surface area contributed by atoms with Crippen LogP contribution in [0.25, 0.3) is 0 Å². The van der Waals surface area contributed by atoms with E-state index >= 15 is 0 Å². The van der Waals surface area contributed by atoms with E-state index in [0.29, 0.717) is 38.3 Å². The molecule has 2 N–H and O–H groups in total. The molecule has 0 saturated carbocycles. The Kier molecular flexibility index (Phi) is 7.57. The van der Waals surface area contributed by atoms with Gasteiger partial charge in [0, 0.05) is 31.7 Å². The SMILES string of the molecule is O=C(O)C[C@H](CC1CCN(C(=O)CCc2ccc3c(n2)NCCC3)CC1)c1cccc(F)c1. The largest absolute Gasteiger partial charge is 0.481 e. The highest BCUT2D eigenvalue weighted by molar-refractivity contribution is 5.76. The summed E-state index contributed by atoms with van der Waals surface area (Å²) in [6.45, 7) is 2.32. The van der Waals surface area contributed by atoms with Gasteiger partial charge in [-0.25, -0.2) is 9.37 Å². The summed E-state index contributed by atoms with van der Waals surface area (Å²) in [5.74, 6) is 0.00827. The van der Waals surface area contributed by atoms with Gasteiger partial charge in [-0.2, -0.15) is 0 Å². The van der Waals surface area contributed by atoms with Crippen molar-refractivity contribution in [3.05, 3.63) is 59.0 Å². The zero-order valence-corrected chi connectivity index (χ0v) is 18.9. The van der Waals surface area contributed by atoms with Crippen LogP contribution in [-0.2, 0) is 22.4 Å². The van der Waals surface area contributed by atoms with Gasteiger partial charge in [0.1, 0.15) is 11.6 Å². The second kappa shape index (κ2) is 10.8. The lowest BCUT2D eigenvalue weighted by molar-refractivity contribution is -0.137. The van der Waals surface area contributed by atoms with Gasteiger partial charge < -0.3 is 15.3 Å². The zero-order valence-electron chi connectivity index (χ0n) is 18.9. The molecule has 0 spiro atoms. The first-order chi connectivity index (χ1) is 16.0. The number of piperidine rings is 1. The third-order valence-electron chi connectivity index (χ3n) is 6.87. The molecule has 2 aromatic rings. The average Bonchev–Trinajstić information content (AvgIpc) is 2.82. The van der Waals surface area contributed by atoms with Crippen LogP contribution in [0.15, 0.2) is 36.4 Å². The Balaban J connectivity index is 1.27. The smallest absolute Gasteiger partial charge is 0.303 e. The van der Waals surface area contributed by atoms with Gasteiger partial charge in [-0.1, -0.05) is 18.2 Å². The van der Waals surface area contributed by atoms with E-state index in [9.17, 15) is 19.1 Å². The van der Waals surface area contributed by atoms with Crippen LogP contribution in [0.3, 0.4) is 0 Å². The maximum atomic E-state index is 13.7. The highest BCUT2D eigenvalue weighted by Gasteiger charge is 2.27. The minimum atomic E-state index is -0.872. The molecule has 33 heavy (non-hydrogen) atoms. The molecule has 3 heterocycles. The first kappa shape index (κ1) is 23.2. The van der Waals surface area contributed by atoms with Crippen molar-refractivity contribution in [2.45, 2.75) is 57.3 Å². The molecule has 0 unspecified atom stereocenters. The molecular weight excluding hydrogens is 421 g/mol. The van der Waals surface area contributed by atoms with Crippen molar-refractivity contribution in [3.8, 4) is 0 Å². The fourth-order valence-corrected chi connectivity index (χ4v) is 5.03. The number of benzene rings is 1. The van der Waals surface area contributed by atoms with Crippen LogP contribution in [0, 0.1) is 11.7 Å². The number of hydrogen-bond acceptors (Lipinski definition) is 4. The monoisotopic (exact) mass is 453 g/mol. The maximum absolute atomic E-state index is 13.7. The van der Waals surface area contributed by atoms with E-state index < -0.39 is 5.97 Å². The lowest BCUT2D eigenvalue weighted by atomic mass is 9.82. The number of carboxylic acid groups (broad SMARTS) is 1. The molecule has 0 bridgehead atoms. The lowest BCUT2D eigenvalue weighted by Crippen LogP contribution is -2.39. The van der Waals surface area contributed by atoms with E-state index in [1.165, 1.54) is 17.7 Å². The summed E-state index contributed by atoms with van der Waals surface area (Å²) in [6.07, 6.45) is 5.64. The molecule has 1 atom stereocenters. The van der Waals surface area contributed by atoms with Gasteiger partial charge in [-0.05, 0) is 79.7 Å². The number of fused-ring (bicyclic) bond motifs is 1. The van der Waals surface area contributed by atoms with Gasteiger partial charge in [0.25, 0.3) is 0 Å². The molecule has 0 radical (unpaired) electrons. The van der Waals surface area contributed by atoms with Gasteiger partial charge in [-0.15, -0.1) is 0 Å². The van der Waals surface area contributed by atoms with E-state index in [4.69, 9.17) is 0 Å². The number of halogens is 1. The normalized spacial score (nSPS) is 17.2. The van der Waals surface area contributed by atoms with E-state index in [2.05, 4.69) is 16.4 Å². The van der Waals surface area contributed by atoms with Gasteiger partial charge in [0.05, 0.1) is 6.42 Å². The summed E-state index contributed by atoms with van der Waals surface area (Å²) in [5, 5.41) is 12.7. The number of carboxylic acids is 1. The van der Waals surface area contributed by atoms with Gasteiger partial charge in [0.15, 0.2) is 0 Å². The molecule has 7 heteroatoms. The van der Waals surface area contributed by atoms with Crippen LogP contribution in [-0.4, -0.2) is 46.5 Å². The van der Waals surface area contributed by atoms with Gasteiger partial charge in [-0.3, -0.25) is 9.59 Å². The molecule has 2 aliphatic heterocycles. The van der Waals surface area contributed by atoms with Crippen LogP contribution in [0.1, 0.15) is 61.3 Å². The van der Waals surface area contributed by atoms with Gasteiger partial charge >= 0.3 is 5.97 Å². The molecule has 1 fully saturated rings. The van der Waals surface area contributed by atoms with Crippen LogP contribution in [0.2, 0.25) is 0 Å². The van der Waals surface area contributed by atoms with Crippen molar-refractivity contribution in [1.82, 2.24) is 9.88 Å². The van der Waals surface area contributed by atoms with E-state index in [0.717, 1.165) is 49.3 Å².